The topological polar surface area (TPSA) is 13.1 Å². The molecule has 51 heavy (non-hydrogen) atoms. The Morgan fingerprint density at radius 1 is 0.255 bits per heavy atom. The van der Waals surface area contributed by atoms with Gasteiger partial charge in [0.25, 0.3) is 0 Å². The van der Waals surface area contributed by atoms with Crippen LogP contribution in [-0.4, -0.2) is 0 Å². The Kier molecular flexibility index (Phi) is 5.29. The third-order valence-corrected chi connectivity index (χ3v) is 11.3. The highest BCUT2D eigenvalue weighted by molar-refractivity contribution is 6.26. The summed E-state index contributed by atoms with van der Waals surface area (Å²) in [6, 6.07) is 62.7. The molecule has 0 N–H and O–H groups in total. The molecular formula is C50H28O. The molecule has 1 heterocycles. The first-order chi connectivity index (χ1) is 25.3. The van der Waals surface area contributed by atoms with Gasteiger partial charge in [-0.2, -0.15) is 0 Å². The van der Waals surface area contributed by atoms with Crippen LogP contribution in [0.1, 0.15) is 0 Å². The van der Waals surface area contributed by atoms with Crippen LogP contribution in [0.2, 0.25) is 0 Å². The van der Waals surface area contributed by atoms with Crippen molar-refractivity contribution in [2.24, 2.45) is 0 Å². The van der Waals surface area contributed by atoms with Crippen molar-refractivity contribution in [2.45, 2.75) is 0 Å². The highest BCUT2D eigenvalue weighted by Gasteiger charge is 2.19. The van der Waals surface area contributed by atoms with Crippen LogP contribution in [0.3, 0.4) is 0 Å². The van der Waals surface area contributed by atoms with Gasteiger partial charge in [-0.1, -0.05) is 146 Å². The number of hydrogen-bond donors (Lipinski definition) is 0. The SMILES string of the molecule is c1ccc2c(c1)ccc1c3cc(-c4ccc5ccc6cccc7ccc4c5c67)cc(-c4ccc5c(ccc6ccc7ccccc7c65)c4)c3oc21. The van der Waals surface area contributed by atoms with E-state index in [9.17, 15) is 0 Å². The van der Waals surface area contributed by atoms with Crippen LogP contribution in [0.25, 0.3) is 120 Å². The summed E-state index contributed by atoms with van der Waals surface area (Å²) in [4.78, 5) is 0. The van der Waals surface area contributed by atoms with Crippen molar-refractivity contribution in [3.8, 4) is 22.3 Å². The summed E-state index contributed by atoms with van der Waals surface area (Å²) in [5, 5.41) is 20.0. The summed E-state index contributed by atoms with van der Waals surface area (Å²) < 4.78 is 6.96. The van der Waals surface area contributed by atoms with Gasteiger partial charge < -0.3 is 4.42 Å². The average Bonchev–Trinajstić information content (AvgIpc) is 3.58. The van der Waals surface area contributed by atoms with Gasteiger partial charge in [-0.3, -0.25) is 0 Å². The average molecular weight is 645 g/mol. The maximum Gasteiger partial charge on any atom is 0.143 e. The molecule has 0 radical (unpaired) electrons. The van der Waals surface area contributed by atoms with E-state index in [1.165, 1.54) is 81.1 Å². The van der Waals surface area contributed by atoms with Crippen LogP contribution in [0.4, 0.5) is 0 Å². The van der Waals surface area contributed by atoms with Crippen LogP contribution in [0.5, 0.6) is 0 Å². The van der Waals surface area contributed by atoms with Gasteiger partial charge in [0.05, 0.1) is 0 Å². The molecule has 0 saturated heterocycles. The van der Waals surface area contributed by atoms with E-state index in [1.807, 2.05) is 0 Å². The molecule has 0 bridgehead atoms. The zero-order valence-electron chi connectivity index (χ0n) is 27.6. The second-order valence-corrected chi connectivity index (χ2v) is 14.0. The fourth-order valence-electron chi connectivity index (χ4n) is 8.97. The Labute approximate surface area is 292 Å². The van der Waals surface area contributed by atoms with Crippen molar-refractivity contribution in [1.29, 1.82) is 0 Å². The molecule has 0 fully saturated rings. The molecule has 0 saturated carbocycles. The standard InChI is InChI=1S/C50H28O/c1-3-10-39-29(6-1)12-13-33-16-17-35-26-36(21-23-40(35)47(33)39)44-27-37(28-45-43-25-18-30-7-2-4-11-41(30)49(43)51-50(44)45)38-22-19-34-15-14-31-8-5-9-32-20-24-42(38)48(34)46(31)32/h1-28H. The molecule has 0 amide bonds. The molecule has 1 nitrogen and oxygen atoms in total. The third-order valence-electron chi connectivity index (χ3n) is 11.3. The summed E-state index contributed by atoms with van der Waals surface area (Å²) in [5.74, 6) is 0. The number of hydrogen-bond acceptors (Lipinski definition) is 1. The highest BCUT2D eigenvalue weighted by Crippen LogP contribution is 2.45. The molecule has 234 valence electrons. The van der Waals surface area contributed by atoms with Crippen molar-refractivity contribution in [2.75, 3.05) is 0 Å². The normalized spacial score (nSPS) is 12.3. The van der Waals surface area contributed by atoms with E-state index in [1.54, 1.807) is 0 Å². The lowest BCUT2D eigenvalue weighted by Gasteiger charge is -2.15. The minimum Gasteiger partial charge on any atom is -0.455 e. The van der Waals surface area contributed by atoms with Gasteiger partial charge in [0.2, 0.25) is 0 Å². The lowest BCUT2D eigenvalue weighted by Crippen LogP contribution is -1.89. The fourth-order valence-corrected chi connectivity index (χ4v) is 8.97. The zero-order chi connectivity index (χ0) is 33.2. The second-order valence-electron chi connectivity index (χ2n) is 14.0. The van der Waals surface area contributed by atoms with Gasteiger partial charge in [0.1, 0.15) is 11.2 Å². The van der Waals surface area contributed by atoms with E-state index >= 15 is 0 Å². The monoisotopic (exact) mass is 644 g/mol. The van der Waals surface area contributed by atoms with Crippen LogP contribution in [0, 0.1) is 0 Å². The Morgan fingerprint density at radius 3 is 1.67 bits per heavy atom. The van der Waals surface area contributed by atoms with Crippen LogP contribution in [0.15, 0.2) is 174 Å². The van der Waals surface area contributed by atoms with Crippen molar-refractivity contribution in [3.05, 3.63) is 170 Å². The van der Waals surface area contributed by atoms with Gasteiger partial charge >= 0.3 is 0 Å². The molecule has 0 spiro atoms. The third kappa shape index (κ3) is 3.75. The smallest absolute Gasteiger partial charge is 0.143 e. The molecule has 0 atom stereocenters. The fraction of sp³-hybridized carbons (Fsp3) is 0. The van der Waals surface area contributed by atoms with Crippen molar-refractivity contribution in [1.82, 2.24) is 0 Å². The molecule has 1 aromatic heterocycles. The first-order valence-electron chi connectivity index (χ1n) is 17.7. The minimum absolute atomic E-state index is 0.924. The van der Waals surface area contributed by atoms with Crippen molar-refractivity contribution >= 4 is 97.3 Å². The Hall–Kier alpha value is -6.70. The predicted octanol–water partition coefficient (Wildman–Crippen LogP) is 14.4. The molecule has 12 aromatic rings. The lowest BCUT2D eigenvalue weighted by atomic mass is 9.88. The number of rotatable bonds is 2. The van der Waals surface area contributed by atoms with Gasteiger partial charge in [0, 0.05) is 21.7 Å². The number of fused-ring (bicyclic) bond motifs is 10. The maximum atomic E-state index is 6.96. The molecule has 0 aliphatic rings. The van der Waals surface area contributed by atoms with E-state index in [2.05, 4.69) is 170 Å². The lowest BCUT2D eigenvalue weighted by molar-refractivity contribution is 0.674. The van der Waals surface area contributed by atoms with E-state index in [-0.39, 0.29) is 0 Å². The highest BCUT2D eigenvalue weighted by atomic mass is 16.3. The van der Waals surface area contributed by atoms with Gasteiger partial charge in [-0.15, -0.1) is 0 Å². The number of benzene rings is 11. The summed E-state index contributed by atoms with van der Waals surface area (Å²) in [6.45, 7) is 0. The van der Waals surface area contributed by atoms with Crippen molar-refractivity contribution in [3.63, 3.8) is 0 Å². The van der Waals surface area contributed by atoms with Gasteiger partial charge in [-0.05, 0) is 111 Å². The van der Waals surface area contributed by atoms with Crippen molar-refractivity contribution < 1.29 is 4.42 Å². The van der Waals surface area contributed by atoms with Crippen LogP contribution < -0.4 is 0 Å². The summed E-state index contributed by atoms with van der Waals surface area (Å²) in [7, 11) is 0. The summed E-state index contributed by atoms with van der Waals surface area (Å²) >= 11 is 0. The predicted molar refractivity (Wildman–Crippen MR) is 218 cm³/mol. The Balaban J connectivity index is 1.18. The van der Waals surface area contributed by atoms with Crippen LogP contribution >= 0.6 is 0 Å². The van der Waals surface area contributed by atoms with Crippen LogP contribution in [-0.2, 0) is 0 Å². The summed E-state index contributed by atoms with van der Waals surface area (Å²) in [6.07, 6.45) is 0. The first kappa shape index (κ1) is 27.2. The minimum atomic E-state index is 0.924. The van der Waals surface area contributed by atoms with E-state index < -0.39 is 0 Å². The number of furan rings is 1. The summed E-state index contributed by atoms with van der Waals surface area (Å²) in [5.41, 5.74) is 6.54. The molecule has 11 aromatic carbocycles. The maximum absolute atomic E-state index is 6.96. The van der Waals surface area contributed by atoms with E-state index in [0.29, 0.717) is 0 Å². The molecule has 0 aliphatic heterocycles. The second kappa shape index (κ2) is 9.94. The molecule has 12 rings (SSSR count). The zero-order valence-corrected chi connectivity index (χ0v) is 27.6. The molecule has 0 unspecified atom stereocenters. The van der Waals surface area contributed by atoms with Gasteiger partial charge in [0.15, 0.2) is 0 Å². The molecule has 1 heteroatoms. The Morgan fingerprint density at radius 2 is 0.824 bits per heavy atom. The van der Waals surface area contributed by atoms with E-state index in [4.69, 9.17) is 4.42 Å². The quantitative estimate of drug-likeness (QED) is 0.171. The van der Waals surface area contributed by atoms with Gasteiger partial charge in [-0.25, -0.2) is 0 Å². The Bertz CT molecular complexity index is 3400. The molecule has 0 aliphatic carbocycles. The molecular weight excluding hydrogens is 617 g/mol. The largest absolute Gasteiger partial charge is 0.455 e. The first-order valence-corrected chi connectivity index (χ1v) is 17.7. The van der Waals surface area contributed by atoms with E-state index in [0.717, 1.165) is 38.5 Å².